The van der Waals surface area contributed by atoms with Crippen LogP contribution in [0.3, 0.4) is 0 Å². The maximum Gasteiger partial charge on any atom is 0.229 e. The molecule has 1 aromatic carbocycles. The Bertz CT molecular complexity index is 555. The molecule has 1 aromatic heterocycles. The van der Waals surface area contributed by atoms with Crippen LogP contribution in [0.25, 0.3) is 0 Å². The van der Waals surface area contributed by atoms with Crippen LogP contribution < -0.4 is 4.74 Å². The van der Waals surface area contributed by atoms with Crippen LogP contribution in [0, 0.1) is 6.92 Å². The Morgan fingerprint density at radius 3 is 2.88 bits per heavy atom. The fourth-order valence-corrected chi connectivity index (χ4v) is 1.62. The number of rotatable bonds is 3. The number of hydrogen-bond donors (Lipinski definition) is 0. The van der Waals surface area contributed by atoms with Gasteiger partial charge in [-0.3, -0.25) is 4.79 Å². The smallest absolute Gasteiger partial charge is 0.229 e. The molecule has 3 nitrogen and oxygen atoms in total. The largest absolute Gasteiger partial charge is 0.438 e. The Balaban J connectivity index is 2.31. The molecule has 0 aliphatic heterocycles. The lowest BCUT2D eigenvalue weighted by atomic mass is 10.2. The van der Waals surface area contributed by atoms with Gasteiger partial charge in [-0.25, -0.2) is 4.98 Å². The molecule has 0 saturated heterocycles. The number of hydrogen-bond acceptors (Lipinski definition) is 3. The first-order valence-electron chi connectivity index (χ1n) is 5.05. The van der Waals surface area contributed by atoms with Gasteiger partial charge in [-0.1, -0.05) is 15.9 Å². The van der Waals surface area contributed by atoms with Gasteiger partial charge in [0.25, 0.3) is 0 Å². The average Bonchev–Trinajstić information content (AvgIpc) is 2.34. The summed E-state index contributed by atoms with van der Waals surface area (Å²) in [7, 11) is 0. The summed E-state index contributed by atoms with van der Waals surface area (Å²) in [6.45, 7) is 1.97. The Morgan fingerprint density at radius 2 is 2.18 bits per heavy atom. The van der Waals surface area contributed by atoms with Crippen molar-refractivity contribution in [2.75, 3.05) is 0 Å². The van der Waals surface area contributed by atoms with Crippen molar-refractivity contribution in [1.29, 1.82) is 0 Å². The summed E-state index contributed by atoms with van der Waals surface area (Å²) in [6, 6.07) is 8.96. The highest BCUT2D eigenvalue weighted by atomic mass is 79.9. The van der Waals surface area contributed by atoms with E-state index in [-0.39, 0.29) is 0 Å². The van der Waals surface area contributed by atoms with Gasteiger partial charge in [0.15, 0.2) is 6.29 Å². The van der Waals surface area contributed by atoms with E-state index in [4.69, 9.17) is 4.74 Å². The first-order chi connectivity index (χ1) is 8.20. The maximum atomic E-state index is 10.8. The lowest BCUT2D eigenvalue weighted by Crippen LogP contribution is -1.93. The summed E-state index contributed by atoms with van der Waals surface area (Å²) in [4.78, 5) is 14.8. The van der Waals surface area contributed by atoms with Gasteiger partial charge in [-0.15, -0.1) is 0 Å². The number of aldehydes is 1. The number of carbonyl (C=O) groups excluding carboxylic acids is 1. The van der Waals surface area contributed by atoms with Crippen LogP contribution in [0.1, 0.15) is 15.9 Å². The number of nitrogens with zero attached hydrogens (tertiary/aromatic N) is 1. The van der Waals surface area contributed by atoms with Gasteiger partial charge < -0.3 is 4.74 Å². The topological polar surface area (TPSA) is 39.2 Å². The van der Waals surface area contributed by atoms with E-state index in [1.165, 1.54) is 0 Å². The molecule has 0 aliphatic carbocycles. The second kappa shape index (κ2) is 5.10. The van der Waals surface area contributed by atoms with Gasteiger partial charge in [-0.05, 0) is 42.8 Å². The molecule has 0 saturated carbocycles. The highest BCUT2D eigenvalue weighted by molar-refractivity contribution is 9.10. The van der Waals surface area contributed by atoms with Gasteiger partial charge in [0, 0.05) is 10.7 Å². The van der Waals surface area contributed by atoms with Crippen LogP contribution in [-0.2, 0) is 0 Å². The molecule has 0 bridgehead atoms. The fraction of sp³-hybridized carbons (Fsp3) is 0.0769. The standard InChI is InChI=1S/C13H10BrNO2/c1-9-7-11(4-5-12(9)14)17-13-10(8-16)3-2-6-15-13/h2-8H,1H3. The van der Waals surface area contributed by atoms with Crippen molar-refractivity contribution in [2.24, 2.45) is 0 Å². The third-order valence-corrected chi connectivity index (χ3v) is 3.16. The SMILES string of the molecule is Cc1cc(Oc2ncccc2C=O)ccc1Br. The minimum Gasteiger partial charge on any atom is -0.438 e. The normalized spacial score (nSPS) is 10.0. The van der Waals surface area contributed by atoms with Crippen molar-refractivity contribution in [1.82, 2.24) is 4.98 Å². The third kappa shape index (κ3) is 2.71. The number of ether oxygens (including phenoxy) is 1. The molecule has 0 atom stereocenters. The molecule has 2 aromatic rings. The van der Waals surface area contributed by atoms with E-state index in [1.807, 2.05) is 25.1 Å². The maximum absolute atomic E-state index is 10.8. The summed E-state index contributed by atoms with van der Waals surface area (Å²) in [5.74, 6) is 0.983. The average molecular weight is 292 g/mol. The second-order valence-corrected chi connectivity index (χ2v) is 4.38. The molecule has 2 rings (SSSR count). The van der Waals surface area contributed by atoms with E-state index in [1.54, 1.807) is 18.3 Å². The highest BCUT2D eigenvalue weighted by Crippen LogP contribution is 2.26. The number of benzene rings is 1. The predicted molar refractivity (Wildman–Crippen MR) is 68.6 cm³/mol. The van der Waals surface area contributed by atoms with Crippen molar-refractivity contribution in [3.63, 3.8) is 0 Å². The molecule has 0 N–H and O–H groups in total. The zero-order chi connectivity index (χ0) is 12.3. The lowest BCUT2D eigenvalue weighted by molar-refractivity contribution is 0.112. The molecule has 0 unspecified atom stereocenters. The van der Waals surface area contributed by atoms with E-state index in [0.29, 0.717) is 17.2 Å². The van der Waals surface area contributed by atoms with Crippen molar-refractivity contribution in [2.45, 2.75) is 6.92 Å². The zero-order valence-corrected chi connectivity index (χ0v) is 10.8. The summed E-state index contributed by atoms with van der Waals surface area (Å²) >= 11 is 3.42. The van der Waals surface area contributed by atoms with Crippen molar-refractivity contribution >= 4 is 22.2 Å². The highest BCUT2D eigenvalue weighted by Gasteiger charge is 2.05. The lowest BCUT2D eigenvalue weighted by Gasteiger charge is -2.07. The number of carbonyl (C=O) groups is 1. The summed E-state index contributed by atoms with van der Waals surface area (Å²) in [5, 5.41) is 0. The molecule has 0 radical (unpaired) electrons. The molecule has 4 heteroatoms. The molecule has 0 aliphatic rings. The van der Waals surface area contributed by atoms with E-state index in [2.05, 4.69) is 20.9 Å². The van der Waals surface area contributed by atoms with Gasteiger partial charge in [0.1, 0.15) is 5.75 Å². The quantitative estimate of drug-likeness (QED) is 0.809. The van der Waals surface area contributed by atoms with Crippen LogP contribution >= 0.6 is 15.9 Å². The predicted octanol–water partition coefficient (Wildman–Crippen LogP) is 3.76. The molecule has 0 spiro atoms. The van der Waals surface area contributed by atoms with E-state index in [0.717, 1.165) is 16.3 Å². The monoisotopic (exact) mass is 291 g/mol. The van der Waals surface area contributed by atoms with Crippen molar-refractivity contribution in [3.05, 3.63) is 52.1 Å². The Hall–Kier alpha value is -1.68. The molecular weight excluding hydrogens is 282 g/mol. The molecule has 0 fully saturated rings. The fourth-order valence-electron chi connectivity index (χ4n) is 1.37. The Labute approximate surface area is 108 Å². The van der Waals surface area contributed by atoms with Crippen LogP contribution in [0.4, 0.5) is 0 Å². The van der Waals surface area contributed by atoms with Gasteiger partial charge in [0.05, 0.1) is 5.56 Å². The molecular formula is C13H10BrNO2. The van der Waals surface area contributed by atoms with Gasteiger partial charge in [-0.2, -0.15) is 0 Å². The zero-order valence-electron chi connectivity index (χ0n) is 9.18. The van der Waals surface area contributed by atoms with Crippen molar-refractivity contribution in [3.8, 4) is 11.6 Å². The molecule has 0 amide bonds. The Morgan fingerprint density at radius 1 is 1.35 bits per heavy atom. The van der Waals surface area contributed by atoms with Gasteiger partial charge in [0.2, 0.25) is 5.88 Å². The number of pyridine rings is 1. The Kier molecular flexibility index (Phi) is 3.54. The van der Waals surface area contributed by atoms with E-state index in [9.17, 15) is 4.79 Å². The van der Waals surface area contributed by atoms with Crippen LogP contribution in [0.2, 0.25) is 0 Å². The van der Waals surface area contributed by atoms with E-state index < -0.39 is 0 Å². The molecule has 17 heavy (non-hydrogen) atoms. The summed E-state index contributed by atoms with van der Waals surface area (Å²) in [5.41, 5.74) is 1.50. The minimum atomic E-state index is 0.323. The third-order valence-electron chi connectivity index (χ3n) is 2.27. The minimum absolute atomic E-state index is 0.323. The van der Waals surface area contributed by atoms with E-state index >= 15 is 0 Å². The van der Waals surface area contributed by atoms with Crippen molar-refractivity contribution < 1.29 is 9.53 Å². The van der Waals surface area contributed by atoms with Crippen LogP contribution in [0.5, 0.6) is 11.6 Å². The summed E-state index contributed by atoms with van der Waals surface area (Å²) in [6.07, 6.45) is 2.32. The number of aromatic nitrogens is 1. The number of aryl methyl sites for hydroxylation is 1. The van der Waals surface area contributed by atoms with Gasteiger partial charge >= 0.3 is 0 Å². The number of halogens is 1. The molecule has 1 heterocycles. The molecule has 86 valence electrons. The first-order valence-corrected chi connectivity index (χ1v) is 5.84. The summed E-state index contributed by atoms with van der Waals surface area (Å²) < 4.78 is 6.59. The van der Waals surface area contributed by atoms with Crippen LogP contribution in [-0.4, -0.2) is 11.3 Å². The second-order valence-electron chi connectivity index (χ2n) is 3.53. The first kappa shape index (κ1) is 11.8. The van der Waals surface area contributed by atoms with Crippen LogP contribution in [0.15, 0.2) is 41.0 Å².